The van der Waals surface area contributed by atoms with Crippen molar-refractivity contribution in [2.45, 2.75) is 64.6 Å². The van der Waals surface area contributed by atoms with Crippen molar-refractivity contribution in [3.63, 3.8) is 0 Å². The van der Waals surface area contributed by atoms with Gasteiger partial charge in [0.05, 0.1) is 18.7 Å². The van der Waals surface area contributed by atoms with E-state index in [9.17, 15) is 10.1 Å². The Morgan fingerprint density at radius 3 is 2.66 bits per heavy atom. The zero-order valence-electron chi connectivity index (χ0n) is 19.1. The zero-order valence-corrected chi connectivity index (χ0v) is 19.1. The average molecular weight is 434 g/mol. The first-order valence-corrected chi connectivity index (χ1v) is 11.5. The Bertz CT molecular complexity index is 992. The summed E-state index contributed by atoms with van der Waals surface area (Å²) in [5.74, 6) is 1.66. The van der Waals surface area contributed by atoms with Crippen LogP contribution in [-0.4, -0.2) is 36.1 Å². The normalized spacial score (nSPS) is 20.0. The molecule has 0 spiro atoms. The maximum absolute atomic E-state index is 12.4. The average Bonchev–Trinajstić information content (AvgIpc) is 3.45. The van der Waals surface area contributed by atoms with E-state index in [1.54, 1.807) is 6.20 Å². The van der Waals surface area contributed by atoms with Gasteiger partial charge in [0.15, 0.2) is 5.78 Å². The highest BCUT2D eigenvalue weighted by molar-refractivity contribution is 5.90. The monoisotopic (exact) mass is 433 g/mol. The van der Waals surface area contributed by atoms with Gasteiger partial charge in [-0.1, -0.05) is 19.1 Å². The van der Waals surface area contributed by atoms with E-state index in [2.05, 4.69) is 16.0 Å². The molecule has 2 fully saturated rings. The molecule has 1 unspecified atom stereocenters. The lowest BCUT2D eigenvalue weighted by molar-refractivity contribution is -0.122. The van der Waals surface area contributed by atoms with E-state index in [0.717, 1.165) is 36.5 Å². The van der Waals surface area contributed by atoms with Gasteiger partial charge in [0, 0.05) is 37.3 Å². The molecular weight excluding hydrogens is 402 g/mol. The predicted molar refractivity (Wildman–Crippen MR) is 123 cm³/mol. The number of rotatable bonds is 9. The standard InChI is InChI=1S/C26H31N3O3/c1-18(2)31-25-15-21(8-12-28-25)29-13-9-23(16-29)32-22-6-4-20(5-7-22)19(3)14-24(30)26(17-27)10-11-26/h4-8,12,15,18-19,23H,9-11,13-14,16H2,1-3H3/t19-,23?/m1/s1. The Balaban J connectivity index is 1.31. The van der Waals surface area contributed by atoms with E-state index in [4.69, 9.17) is 9.47 Å². The molecule has 32 heavy (non-hydrogen) atoms. The number of hydrogen-bond donors (Lipinski definition) is 0. The van der Waals surface area contributed by atoms with Gasteiger partial charge in [0.2, 0.25) is 5.88 Å². The number of hydrogen-bond acceptors (Lipinski definition) is 6. The van der Waals surface area contributed by atoms with E-state index < -0.39 is 5.41 Å². The van der Waals surface area contributed by atoms with Gasteiger partial charge in [-0.05, 0) is 56.4 Å². The summed E-state index contributed by atoms with van der Waals surface area (Å²) in [7, 11) is 0. The second-order valence-electron chi connectivity index (χ2n) is 9.28. The molecule has 0 radical (unpaired) electrons. The van der Waals surface area contributed by atoms with Gasteiger partial charge in [0.1, 0.15) is 17.3 Å². The maximum atomic E-state index is 12.4. The molecule has 2 aromatic rings. The minimum Gasteiger partial charge on any atom is -0.489 e. The molecule has 4 rings (SSSR count). The molecule has 1 saturated carbocycles. The van der Waals surface area contributed by atoms with Gasteiger partial charge in [0.25, 0.3) is 0 Å². The van der Waals surface area contributed by atoms with Crippen molar-refractivity contribution in [1.82, 2.24) is 4.98 Å². The highest BCUT2D eigenvalue weighted by Gasteiger charge is 2.50. The first-order valence-electron chi connectivity index (χ1n) is 11.5. The molecule has 0 N–H and O–H groups in total. The zero-order chi connectivity index (χ0) is 22.7. The molecule has 1 saturated heterocycles. The van der Waals surface area contributed by atoms with Gasteiger partial charge >= 0.3 is 0 Å². The fraction of sp³-hybridized carbons (Fsp3) is 0.500. The number of anilines is 1. The molecule has 1 aliphatic heterocycles. The molecule has 6 nitrogen and oxygen atoms in total. The molecule has 2 aliphatic rings. The minimum atomic E-state index is -0.692. The van der Waals surface area contributed by atoms with Crippen LogP contribution < -0.4 is 14.4 Å². The summed E-state index contributed by atoms with van der Waals surface area (Å²) in [6.07, 6.45) is 4.79. The fourth-order valence-electron chi connectivity index (χ4n) is 4.20. The summed E-state index contributed by atoms with van der Waals surface area (Å²) in [4.78, 5) is 19.0. The molecule has 1 aromatic carbocycles. The number of nitriles is 1. The Kier molecular flexibility index (Phi) is 6.36. The lowest BCUT2D eigenvalue weighted by Gasteiger charge is -2.20. The predicted octanol–water partition coefficient (Wildman–Crippen LogP) is 4.89. The third kappa shape index (κ3) is 5.04. The van der Waals surface area contributed by atoms with Crippen LogP contribution in [0.5, 0.6) is 11.6 Å². The number of nitrogens with zero attached hydrogens (tertiary/aromatic N) is 3. The number of Topliss-reactive ketones (excluding diaryl/α,β-unsaturated/α-hetero) is 1. The summed E-state index contributed by atoms with van der Waals surface area (Å²) in [6.45, 7) is 7.77. The van der Waals surface area contributed by atoms with Crippen molar-refractivity contribution in [2.75, 3.05) is 18.0 Å². The largest absolute Gasteiger partial charge is 0.489 e. The second kappa shape index (κ2) is 9.20. The van der Waals surface area contributed by atoms with Crippen LogP contribution in [0.15, 0.2) is 42.6 Å². The van der Waals surface area contributed by atoms with Crippen LogP contribution in [0.25, 0.3) is 0 Å². The van der Waals surface area contributed by atoms with Crippen LogP contribution in [0.4, 0.5) is 5.69 Å². The Morgan fingerprint density at radius 1 is 1.25 bits per heavy atom. The number of carbonyl (C=O) groups excluding carboxylic acids is 1. The summed E-state index contributed by atoms with van der Waals surface area (Å²) < 4.78 is 11.9. The first kappa shape index (κ1) is 22.1. The summed E-state index contributed by atoms with van der Waals surface area (Å²) in [6, 6.07) is 14.2. The third-order valence-electron chi connectivity index (χ3n) is 6.33. The highest BCUT2D eigenvalue weighted by atomic mass is 16.5. The van der Waals surface area contributed by atoms with E-state index in [1.807, 2.05) is 57.2 Å². The molecule has 0 amide bonds. The van der Waals surface area contributed by atoms with Gasteiger partial charge < -0.3 is 14.4 Å². The topological polar surface area (TPSA) is 75.5 Å². The second-order valence-corrected chi connectivity index (χ2v) is 9.28. The first-order chi connectivity index (χ1) is 15.4. The number of benzene rings is 1. The third-order valence-corrected chi connectivity index (χ3v) is 6.33. The van der Waals surface area contributed by atoms with Crippen molar-refractivity contribution in [3.8, 4) is 17.7 Å². The van der Waals surface area contributed by atoms with Crippen LogP contribution in [0.1, 0.15) is 57.9 Å². The van der Waals surface area contributed by atoms with Crippen LogP contribution in [-0.2, 0) is 4.79 Å². The molecule has 2 heterocycles. The number of ketones is 1. The van der Waals surface area contributed by atoms with Crippen LogP contribution in [0.2, 0.25) is 0 Å². The fourth-order valence-corrected chi connectivity index (χ4v) is 4.20. The molecular formula is C26H31N3O3. The summed E-state index contributed by atoms with van der Waals surface area (Å²) in [5, 5.41) is 9.22. The molecule has 168 valence electrons. The van der Waals surface area contributed by atoms with Gasteiger partial charge in [-0.3, -0.25) is 4.79 Å². The van der Waals surface area contributed by atoms with Crippen molar-refractivity contribution in [1.29, 1.82) is 5.26 Å². The van der Waals surface area contributed by atoms with Crippen molar-refractivity contribution >= 4 is 11.5 Å². The van der Waals surface area contributed by atoms with Crippen molar-refractivity contribution < 1.29 is 14.3 Å². The molecule has 1 aliphatic carbocycles. The summed E-state index contributed by atoms with van der Waals surface area (Å²) in [5.41, 5.74) is 1.51. The van der Waals surface area contributed by atoms with Crippen molar-refractivity contribution in [2.24, 2.45) is 5.41 Å². The lowest BCUT2D eigenvalue weighted by Crippen LogP contribution is -2.24. The van der Waals surface area contributed by atoms with Gasteiger partial charge in [-0.2, -0.15) is 5.26 Å². The Morgan fingerprint density at radius 2 is 2.00 bits per heavy atom. The summed E-state index contributed by atoms with van der Waals surface area (Å²) >= 11 is 0. The van der Waals surface area contributed by atoms with Crippen molar-refractivity contribution in [3.05, 3.63) is 48.2 Å². The number of ether oxygens (including phenoxy) is 2. The quantitative estimate of drug-likeness (QED) is 0.560. The van der Waals surface area contributed by atoms with Gasteiger partial charge in [-0.15, -0.1) is 0 Å². The molecule has 2 atom stereocenters. The SMILES string of the molecule is CC(C)Oc1cc(N2CCC(Oc3ccc([C@H](C)CC(=O)C4(C#N)CC4)cc3)C2)ccn1. The highest BCUT2D eigenvalue weighted by Crippen LogP contribution is 2.47. The Labute approximate surface area is 190 Å². The molecule has 1 aromatic heterocycles. The van der Waals surface area contributed by atoms with E-state index in [1.165, 1.54) is 0 Å². The smallest absolute Gasteiger partial charge is 0.215 e. The lowest BCUT2D eigenvalue weighted by atomic mass is 9.90. The van der Waals surface area contributed by atoms with E-state index in [-0.39, 0.29) is 23.9 Å². The molecule has 0 bridgehead atoms. The Hall–Kier alpha value is -3.07. The van der Waals surface area contributed by atoms with E-state index >= 15 is 0 Å². The number of pyridine rings is 1. The number of aromatic nitrogens is 1. The molecule has 6 heteroatoms. The van der Waals surface area contributed by atoms with E-state index in [0.29, 0.717) is 25.1 Å². The van der Waals surface area contributed by atoms with Crippen LogP contribution in [0, 0.1) is 16.7 Å². The van der Waals surface area contributed by atoms with Crippen LogP contribution in [0.3, 0.4) is 0 Å². The van der Waals surface area contributed by atoms with Crippen LogP contribution >= 0.6 is 0 Å². The van der Waals surface area contributed by atoms with Gasteiger partial charge in [-0.25, -0.2) is 4.98 Å². The number of carbonyl (C=O) groups is 1. The minimum absolute atomic E-state index is 0.0805. The maximum Gasteiger partial charge on any atom is 0.215 e.